The highest BCUT2D eigenvalue weighted by atomic mass is 32.1. The number of anilines is 3. The van der Waals surface area contributed by atoms with Gasteiger partial charge in [-0.3, -0.25) is 4.98 Å². The number of hydrogen-bond donors (Lipinski definition) is 2. The van der Waals surface area contributed by atoms with Crippen LogP contribution in [-0.2, 0) is 0 Å². The minimum atomic E-state index is 0.287. The van der Waals surface area contributed by atoms with Crippen LogP contribution in [0.5, 0.6) is 0 Å². The number of fused-ring (bicyclic) bond motifs is 1. The molecule has 3 heterocycles. The van der Waals surface area contributed by atoms with Gasteiger partial charge >= 0.3 is 0 Å². The topological polar surface area (TPSA) is 75.6 Å². The van der Waals surface area contributed by atoms with Crippen LogP contribution in [0.2, 0.25) is 0 Å². The molecule has 7 heteroatoms. The molecule has 0 aliphatic carbocycles. The van der Waals surface area contributed by atoms with E-state index in [1.165, 1.54) is 4.70 Å². The molecule has 28 heavy (non-hydrogen) atoms. The predicted molar refractivity (Wildman–Crippen MR) is 116 cm³/mol. The molecular formula is C21H22N6S. The lowest BCUT2D eigenvalue weighted by molar-refractivity contribution is 0.753. The maximum Gasteiger partial charge on any atom is 0.225 e. The Morgan fingerprint density at radius 2 is 1.86 bits per heavy atom. The summed E-state index contributed by atoms with van der Waals surface area (Å²) < 4.78 is 1.18. The van der Waals surface area contributed by atoms with Gasteiger partial charge in [-0.2, -0.15) is 4.98 Å². The third kappa shape index (κ3) is 4.09. The zero-order chi connectivity index (χ0) is 19.5. The summed E-state index contributed by atoms with van der Waals surface area (Å²) in [5.41, 5.74) is 3.79. The molecule has 6 nitrogen and oxygen atoms in total. The second-order valence-electron chi connectivity index (χ2n) is 6.69. The largest absolute Gasteiger partial charge is 0.352 e. The molecule has 0 bridgehead atoms. The van der Waals surface area contributed by atoms with Gasteiger partial charge in [0.25, 0.3) is 0 Å². The van der Waals surface area contributed by atoms with E-state index in [4.69, 9.17) is 0 Å². The maximum absolute atomic E-state index is 4.69. The fourth-order valence-corrected chi connectivity index (χ4v) is 3.64. The van der Waals surface area contributed by atoms with Crippen molar-refractivity contribution in [3.8, 4) is 11.3 Å². The third-order valence-electron chi connectivity index (χ3n) is 4.46. The average Bonchev–Trinajstić information content (AvgIpc) is 3.07. The van der Waals surface area contributed by atoms with Crippen molar-refractivity contribution in [2.45, 2.75) is 33.2 Å². The Hall–Kier alpha value is -3.06. The van der Waals surface area contributed by atoms with Crippen molar-refractivity contribution in [1.29, 1.82) is 0 Å². The van der Waals surface area contributed by atoms with Crippen LogP contribution >= 0.6 is 11.3 Å². The highest BCUT2D eigenvalue weighted by molar-refractivity contribution is 7.18. The Kier molecular flexibility index (Phi) is 5.16. The fraction of sp³-hybridized carbons (Fsp3) is 0.238. The SMILES string of the molecule is CC[C@H](C)Nc1nc(Nc2ccc3sc(C)nc3c2)cc(-c2ccncc2)n1. The lowest BCUT2D eigenvalue weighted by Crippen LogP contribution is -2.16. The Balaban J connectivity index is 1.70. The van der Waals surface area contributed by atoms with Gasteiger partial charge in [0.2, 0.25) is 5.95 Å². The van der Waals surface area contributed by atoms with Crippen LogP contribution < -0.4 is 10.6 Å². The summed E-state index contributed by atoms with van der Waals surface area (Å²) in [4.78, 5) is 18.0. The smallest absolute Gasteiger partial charge is 0.225 e. The molecule has 2 N–H and O–H groups in total. The summed E-state index contributed by atoms with van der Waals surface area (Å²) in [6.07, 6.45) is 4.53. The Bertz CT molecular complexity index is 1090. The monoisotopic (exact) mass is 390 g/mol. The zero-order valence-corrected chi connectivity index (χ0v) is 16.9. The van der Waals surface area contributed by atoms with Gasteiger partial charge in [0, 0.05) is 35.8 Å². The van der Waals surface area contributed by atoms with E-state index in [9.17, 15) is 0 Å². The first kappa shape index (κ1) is 18.3. The number of hydrogen-bond acceptors (Lipinski definition) is 7. The van der Waals surface area contributed by atoms with Crippen molar-refractivity contribution in [3.05, 3.63) is 53.8 Å². The molecule has 0 spiro atoms. The first-order chi connectivity index (χ1) is 13.6. The van der Waals surface area contributed by atoms with Crippen LogP contribution in [0.1, 0.15) is 25.3 Å². The Morgan fingerprint density at radius 3 is 2.64 bits per heavy atom. The van der Waals surface area contributed by atoms with E-state index in [1.54, 1.807) is 23.7 Å². The molecule has 4 aromatic rings. The standard InChI is InChI=1S/C21H22N6S/c1-4-13(2)23-21-26-17(15-7-9-22-10-8-15)12-20(27-21)25-16-5-6-19-18(11-16)24-14(3)28-19/h5-13H,4H2,1-3H3,(H2,23,25,26,27)/t13-/m0/s1. The summed E-state index contributed by atoms with van der Waals surface area (Å²) in [6.45, 7) is 6.28. The summed E-state index contributed by atoms with van der Waals surface area (Å²) in [6, 6.07) is 12.3. The molecule has 0 saturated carbocycles. The van der Waals surface area contributed by atoms with E-state index in [1.807, 2.05) is 25.1 Å². The number of benzene rings is 1. The Labute approximate surface area is 168 Å². The van der Waals surface area contributed by atoms with Gasteiger partial charge in [0.05, 0.1) is 20.9 Å². The van der Waals surface area contributed by atoms with Crippen molar-refractivity contribution in [2.24, 2.45) is 0 Å². The summed E-state index contributed by atoms with van der Waals surface area (Å²) in [7, 11) is 0. The van der Waals surface area contributed by atoms with Gasteiger partial charge in [-0.05, 0) is 50.6 Å². The molecule has 1 atom stereocenters. The van der Waals surface area contributed by atoms with Crippen LogP contribution in [0.15, 0.2) is 48.8 Å². The lowest BCUT2D eigenvalue weighted by atomic mass is 10.2. The minimum absolute atomic E-state index is 0.287. The normalized spacial score (nSPS) is 12.1. The molecule has 0 saturated heterocycles. The summed E-state index contributed by atoms with van der Waals surface area (Å²) in [5.74, 6) is 1.34. The molecule has 0 unspecified atom stereocenters. The lowest BCUT2D eigenvalue weighted by Gasteiger charge is -2.14. The van der Waals surface area contributed by atoms with Gasteiger partial charge in [-0.25, -0.2) is 9.97 Å². The highest BCUT2D eigenvalue weighted by Crippen LogP contribution is 2.27. The van der Waals surface area contributed by atoms with E-state index in [-0.39, 0.29) is 6.04 Å². The molecule has 0 radical (unpaired) electrons. The predicted octanol–water partition coefficient (Wildman–Crippen LogP) is 5.41. The van der Waals surface area contributed by atoms with Crippen molar-refractivity contribution < 1.29 is 0 Å². The fourth-order valence-electron chi connectivity index (χ4n) is 2.84. The van der Waals surface area contributed by atoms with Gasteiger partial charge in [-0.1, -0.05) is 6.92 Å². The molecule has 4 rings (SSSR count). The highest BCUT2D eigenvalue weighted by Gasteiger charge is 2.10. The van der Waals surface area contributed by atoms with Gasteiger partial charge < -0.3 is 10.6 Å². The van der Waals surface area contributed by atoms with Gasteiger partial charge in [0.15, 0.2) is 0 Å². The second-order valence-corrected chi connectivity index (χ2v) is 7.93. The van der Waals surface area contributed by atoms with Crippen molar-refractivity contribution in [1.82, 2.24) is 19.9 Å². The molecule has 142 valence electrons. The first-order valence-corrected chi connectivity index (χ1v) is 10.1. The van der Waals surface area contributed by atoms with Crippen LogP contribution in [0, 0.1) is 6.92 Å². The quantitative estimate of drug-likeness (QED) is 0.458. The third-order valence-corrected chi connectivity index (χ3v) is 5.41. The molecule has 0 aliphatic heterocycles. The number of rotatable bonds is 6. The van der Waals surface area contributed by atoms with Crippen LogP contribution in [0.25, 0.3) is 21.5 Å². The van der Waals surface area contributed by atoms with E-state index in [0.717, 1.165) is 39.7 Å². The number of aryl methyl sites for hydroxylation is 1. The van der Waals surface area contributed by atoms with Crippen LogP contribution in [0.4, 0.5) is 17.5 Å². The molecule has 0 aliphatic rings. The number of nitrogens with one attached hydrogen (secondary N) is 2. The van der Waals surface area contributed by atoms with Crippen molar-refractivity contribution in [3.63, 3.8) is 0 Å². The van der Waals surface area contributed by atoms with Crippen molar-refractivity contribution in [2.75, 3.05) is 10.6 Å². The van der Waals surface area contributed by atoms with Crippen LogP contribution in [0.3, 0.4) is 0 Å². The van der Waals surface area contributed by atoms with E-state index >= 15 is 0 Å². The molecule has 0 amide bonds. The molecule has 0 fully saturated rings. The molecule has 3 aromatic heterocycles. The average molecular weight is 391 g/mol. The molecule has 1 aromatic carbocycles. The van der Waals surface area contributed by atoms with Gasteiger partial charge in [0.1, 0.15) is 5.82 Å². The zero-order valence-electron chi connectivity index (χ0n) is 16.1. The minimum Gasteiger partial charge on any atom is -0.352 e. The second kappa shape index (κ2) is 7.90. The number of pyridine rings is 1. The maximum atomic E-state index is 4.69. The number of nitrogens with zero attached hydrogens (tertiary/aromatic N) is 4. The summed E-state index contributed by atoms with van der Waals surface area (Å²) in [5, 5.41) is 7.84. The Morgan fingerprint density at radius 1 is 1.04 bits per heavy atom. The first-order valence-electron chi connectivity index (χ1n) is 9.31. The van der Waals surface area contributed by atoms with E-state index < -0.39 is 0 Å². The summed E-state index contributed by atoms with van der Waals surface area (Å²) >= 11 is 1.70. The molecular weight excluding hydrogens is 368 g/mol. The van der Waals surface area contributed by atoms with E-state index in [2.05, 4.69) is 62.6 Å². The van der Waals surface area contributed by atoms with Gasteiger partial charge in [-0.15, -0.1) is 11.3 Å². The number of thiazole rings is 1. The van der Waals surface area contributed by atoms with Crippen molar-refractivity contribution >= 4 is 39.0 Å². The van der Waals surface area contributed by atoms with E-state index in [0.29, 0.717) is 5.95 Å². The number of aromatic nitrogens is 4. The van der Waals surface area contributed by atoms with Crippen LogP contribution in [-0.4, -0.2) is 26.0 Å².